The van der Waals surface area contributed by atoms with E-state index >= 15 is 0 Å². The molecule has 0 saturated heterocycles. The van der Waals surface area contributed by atoms with Crippen molar-refractivity contribution >= 4 is 29.1 Å². The van der Waals surface area contributed by atoms with E-state index in [1.807, 2.05) is 20.8 Å². The first-order chi connectivity index (χ1) is 11.3. The van der Waals surface area contributed by atoms with Gasteiger partial charge < -0.3 is 14.6 Å². The second-order valence-electron chi connectivity index (χ2n) is 6.23. The molecular weight excluding hydrogens is 353 g/mol. The number of rotatable bonds is 6. The predicted octanol–water partition coefficient (Wildman–Crippen LogP) is 3.41. The number of ether oxygens (including phenoxy) is 1. The van der Waals surface area contributed by atoms with Gasteiger partial charge in [0.05, 0.1) is 5.02 Å². The molecule has 1 aromatic heterocycles. The maximum absolute atomic E-state index is 11.8. The number of hydrogen-bond acceptors (Lipinski definition) is 5. The number of amides is 1. The minimum atomic E-state index is -0.263. The molecule has 2 aromatic rings. The molecule has 0 unspecified atom stereocenters. The Hall–Kier alpha value is -1.79. The molecule has 1 heterocycles. The smallest absolute Gasteiger partial charge is 0.257 e. The average Bonchev–Trinajstić information content (AvgIpc) is 2.95. The van der Waals surface area contributed by atoms with Crippen LogP contribution in [0.3, 0.4) is 0 Å². The summed E-state index contributed by atoms with van der Waals surface area (Å²) in [5, 5.41) is 7.48. The molecular formula is C16H19Cl2N3O3. The fraction of sp³-hybridized carbons (Fsp3) is 0.438. The van der Waals surface area contributed by atoms with Crippen molar-refractivity contribution in [3.63, 3.8) is 0 Å². The van der Waals surface area contributed by atoms with Crippen LogP contribution in [0.5, 0.6) is 5.75 Å². The number of nitrogens with zero attached hydrogens (tertiary/aromatic N) is 2. The molecule has 24 heavy (non-hydrogen) atoms. The topological polar surface area (TPSA) is 77.2 Å². The van der Waals surface area contributed by atoms with Crippen molar-refractivity contribution in [2.75, 3.05) is 13.2 Å². The minimum absolute atomic E-state index is 0.138. The van der Waals surface area contributed by atoms with Gasteiger partial charge in [0.1, 0.15) is 5.75 Å². The number of benzene rings is 1. The van der Waals surface area contributed by atoms with E-state index in [1.165, 1.54) is 0 Å². The number of hydrogen-bond donors (Lipinski definition) is 1. The van der Waals surface area contributed by atoms with Crippen molar-refractivity contribution in [1.29, 1.82) is 0 Å². The molecule has 130 valence electrons. The van der Waals surface area contributed by atoms with Crippen molar-refractivity contribution in [2.24, 2.45) is 0 Å². The molecule has 6 nitrogen and oxygen atoms in total. The number of carbonyl (C=O) groups excluding carboxylic acids is 1. The van der Waals surface area contributed by atoms with Crippen molar-refractivity contribution in [2.45, 2.75) is 32.6 Å². The summed E-state index contributed by atoms with van der Waals surface area (Å²) >= 11 is 11.8. The third-order valence-corrected chi connectivity index (χ3v) is 3.56. The molecule has 0 bridgehead atoms. The van der Waals surface area contributed by atoms with E-state index in [-0.39, 0.29) is 17.9 Å². The summed E-state index contributed by atoms with van der Waals surface area (Å²) in [6.45, 7) is 6.22. The van der Waals surface area contributed by atoms with Gasteiger partial charge in [0, 0.05) is 23.4 Å². The highest BCUT2D eigenvalue weighted by Crippen LogP contribution is 2.27. The van der Waals surface area contributed by atoms with Crippen LogP contribution in [0.25, 0.3) is 0 Å². The molecule has 0 fully saturated rings. The Labute approximate surface area is 150 Å². The lowest BCUT2D eigenvalue weighted by Crippen LogP contribution is -2.30. The van der Waals surface area contributed by atoms with E-state index in [4.69, 9.17) is 32.5 Å². The highest BCUT2D eigenvalue weighted by atomic mass is 35.5. The molecule has 0 atom stereocenters. The third-order valence-electron chi connectivity index (χ3n) is 3.03. The average molecular weight is 372 g/mol. The second kappa shape index (κ2) is 7.85. The van der Waals surface area contributed by atoms with Gasteiger partial charge in [-0.15, -0.1) is 0 Å². The molecule has 1 amide bonds. The van der Waals surface area contributed by atoms with Gasteiger partial charge >= 0.3 is 0 Å². The summed E-state index contributed by atoms with van der Waals surface area (Å²) in [7, 11) is 0. The first kappa shape index (κ1) is 18.5. The van der Waals surface area contributed by atoms with Crippen LogP contribution < -0.4 is 10.1 Å². The van der Waals surface area contributed by atoms with Gasteiger partial charge in [-0.1, -0.05) is 49.1 Å². The van der Waals surface area contributed by atoms with E-state index in [0.717, 1.165) is 0 Å². The lowest BCUT2D eigenvalue weighted by molar-refractivity contribution is -0.123. The van der Waals surface area contributed by atoms with Crippen LogP contribution in [0.15, 0.2) is 22.7 Å². The Morgan fingerprint density at radius 3 is 2.71 bits per heavy atom. The van der Waals surface area contributed by atoms with E-state index in [0.29, 0.717) is 40.5 Å². The normalized spacial score (nSPS) is 11.4. The second-order valence-corrected chi connectivity index (χ2v) is 7.07. The van der Waals surface area contributed by atoms with Crippen LogP contribution >= 0.6 is 23.2 Å². The highest BCUT2D eigenvalue weighted by molar-refractivity contribution is 6.35. The van der Waals surface area contributed by atoms with Crippen molar-refractivity contribution in [3.05, 3.63) is 40.0 Å². The largest absolute Gasteiger partial charge is 0.482 e. The molecule has 0 aliphatic carbocycles. The lowest BCUT2D eigenvalue weighted by atomic mass is 9.97. The molecule has 0 radical (unpaired) electrons. The summed E-state index contributed by atoms with van der Waals surface area (Å²) in [6, 6.07) is 4.81. The molecule has 2 rings (SSSR count). The number of nitrogens with one attached hydrogen (secondary N) is 1. The van der Waals surface area contributed by atoms with Gasteiger partial charge in [-0.05, 0) is 18.2 Å². The van der Waals surface area contributed by atoms with Crippen LogP contribution in [0.4, 0.5) is 0 Å². The SMILES string of the molecule is CC(C)(C)c1nc(CCNC(=O)COc2ccc(Cl)cc2Cl)no1. The Balaban J connectivity index is 1.74. The van der Waals surface area contributed by atoms with Gasteiger partial charge in [0.25, 0.3) is 5.91 Å². The van der Waals surface area contributed by atoms with Gasteiger partial charge in [0.2, 0.25) is 5.89 Å². The van der Waals surface area contributed by atoms with Crippen LogP contribution in [0.2, 0.25) is 10.0 Å². The van der Waals surface area contributed by atoms with Crippen molar-refractivity contribution in [3.8, 4) is 5.75 Å². The molecule has 1 N–H and O–H groups in total. The van der Waals surface area contributed by atoms with Gasteiger partial charge in [-0.25, -0.2) is 0 Å². The van der Waals surface area contributed by atoms with Crippen LogP contribution in [-0.4, -0.2) is 29.2 Å². The predicted molar refractivity (Wildman–Crippen MR) is 91.7 cm³/mol. The van der Waals surface area contributed by atoms with Gasteiger partial charge in [-0.3, -0.25) is 4.79 Å². The summed E-state index contributed by atoms with van der Waals surface area (Å²) in [5.41, 5.74) is -0.194. The molecule has 0 aliphatic heterocycles. The first-order valence-electron chi connectivity index (χ1n) is 7.43. The fourth-order valence-corrected chi connectivity index (χ4v) is 2.22. The first-order valence-corrected chi connectivity index (χ1v) is 8.19. The maximum Gasteiger partial charge on any atom is 0.257 e. The van der Waals surface area contributed by atoms with Crippen LogP contribution in [-0.2, 0) is 16.6 Å². The number of halogens is 2. The molecule has 0 aliphatic rings. The van der Waals surface area contributed by atoms with Gasteiger partial charge in [0.15, 0.2) is 12.4 Å². The highest BCUT2D eigenvalue weighted by Gasteiger charge is 2.21. The maximum atomic E-state index is 11.8. The molecule has 0 saturated carbocycles. The summed E-state index contributed by atoms with van der Waals surface area (Å²) in [4.78, 5) is 16.1. The third kappa shape index (κ3) is 5.39. The minimum Gasteiger partial charge on any atom is -0.482 e. The van der Waals surface area contributed by atoms with Crippen molar-refractivity contribution in [1.82, 2.24) is 15.5 Å². The number of carbonyl (C=O) groups is 1. The lowest BCUT2D eigenvalue weighted by Gasteiger charge is -2.10. The zero-order chi connectivity index (χ0) is 17.7. The molecule has 1 aromatic carbocycles. The summed E-state index contributed by atoms with van der Waals surface area (Å²) < 4.78 is 10.5. The van der Waals surface area contributed by atoms with E-state index in [1.54, 1.807) is 18.2 Å². The Morgan fingerprint density at radius 2 is 2.08 bits per heavy atom. The standard InChI is InChI=1S/C16H19Cl2N3O3/c1-16(2,3)15-20-13(21-24-15)6-7-19-14(22)9-23-12-5-4-10(17)8-11(12)18/h4-5,8H,6-7,9H2,1-3H3,(H,19,22). The van der Waals surface area contributed by atoms with Crippen LogP contribution in [0.1, 0.15) is 32.5 Å². The van der Waals surface area contributed by atoms with Crippen LogP contribution in [0, 0.1) is 0 Å². The van der Waals surface area contributed by atoms with E-state index < -0.39 is 0 Å². The van der Waals surface area contributed by atoms with E-state index in [2.05, 4.69) is 15.5 Å². The van der Waals surface area contributed by atoms with Gasteiger partial charge in [-0.2, -0.15) is 4.98 Å². The zero-order valence-corrected chi connectivity index (χ0v) is 15.2. The summed E-state index contributed by atoms with van der Waals surface area (Å²) in [5.74, 6) is 1.27. The number of aromatic nitrogens is 2. The monoisotopic (exact) mass is 371 g/mol. The zero-order valence-electron chi connectivity index (χ0n) is 13.7. The Morgan fingerprint density at radius 1 is 1.33 bits per heavy atom. The fourth-order valence-electron chi connectivity index (χ4n) is 1.76. The molecule has 0 spiro atoms. The van der Waals surface area contributed by atoms with E-state index in [9.17, 15) is 4.79 Å². The van der Waals surface area contributed by atoms with Crippen molar-refractivity contribution < 1.29 is 14.1 Å². The molecule has 8 heteroatoms. The Kier molecular flexibility index (Phi) is 6.07. The quantitative estimate of drug-likeness (QED) is 0.841. The Bertz CT molecular complexity index is 711. The summed E-state index contributed by atoms with van der Waals surface area (Å²) in [6.07, 6.45) is 0.479.